The fourth-order valence-corrected chi connectivity index (χ4v) is 1.01. The van der Waals surface area contributed by atoms with Crippen LogP contribution in [0.1, 0.15) is 19.5 Å². The Kier molecular flexibility index (Phi) is 3.71. The molecule has 0 spiro atoms. The number of aromatic nitrogens is 2. The second-order valence-electron chi connectivity index (χ2n) is 3.39. The van der Waals surface area contributed by atoms with Crippen LogP contribution in [0.5, 0.6) is 0 Å². The van der Waals surface area contributed by atoms with Crippen molar-refractivity contribution in [3.05, 3.63) is 24.3 Å². The van der Waals surface area contributed by atoms with Crippen LogP contribution >= 0.6 is 0 Å². The fourth-order valence-electron chi connectivity index (χ4n) is 1.01. The maximum Gasteiger partial charge on any atom is 0.0948 e. The van der Waals surface area contributed by atoms with Crippen molar-refractivity contribution in [3.63, 3.8) is 0 Å². The van der Waals surface area contributed by atoms with Gasteiger partial charge >= 0.3 is 0 Å². The normalized spacial score (nSPS) is 11.7. The lowest BCUT2D eigenvalue weighted by Crippen LogP contribution is -2.22. The van der Waals surface area contributed by atoms with Gasteiger partial charge in [0.2, 0.25) is 0 Å². The number of nitrogens with one attached hydrogen (secondary N) is 1. The highest BCUT2D eigenvalue weighted by Gasteiger charge is 1.91. The Morgan fingerprint density at radius 2 is 2.38 bits per heavy atom. The van der Waals surface area contributed by atoms with Crippen LogP contribution in [0.25, 0.3) is 6.08 Å². The molecule has 3 heteroatoms. The average molecular weight is 179 g/mol. The zero-order valence-electron chi connectivity index (χ0n) is 8.49. The number of imidazole rings is 1. The summed E-state index contributed by atoms with van der Waals surface area (Å²) in [5, 5.41) is 3.31. The van der Waals surface area contributed by atoms with Crippen LogP contribution in [0, 0.1) is 0 Å². The monoisotopic (exact) mass is 179 g/mol. The first-order valence-corrected chi connectivity index (χ1v) is 4.56. The predicted molar refractivity (Wildman–Crippen MR) is 55.4 cm³/mol. The first kappa shape index (κ1) is 9.99. The largest absolute Gasteiger partial charge is 0.334 e. The van der Waals surface area contributed by atoms with Gasteiger partial charge < -0.3 is 9.88 Å². The van der Waals surface area contributed by atoms with Gasteiger partial charge in [0.25, 0.3) is 0 Å². The van der Waals surface area contributed by atoms with Gasteiger partial charge in [-0.15, -0.1) is 0 Å². The van der Waals surface area contributed by atoms with Gasteiger partial charge in [-0.05, 0) is 6.08 Å². The van der Waals surface area contributed by atoms with Gasteiger partial charge in [-0.1, -0.05) is 19.9 Å². The van der Waals surface area contributed by atoms with E-state index in [4.69, 9.17) is 0 Å². The Labute approximate surface area is 79.5 Å². The average Bonchev–Trinajstić information content (AvgIpc) is 2.45. The van der Waals surface area contributed by atoms with E-state index in [1.165, 1.54) is 0 Å². The molecule has 1 heterocycles. The molecular formula is C10H17N3. The van der Waals surface area contributed by atoms with Crippen LogP contribution < -0.4 is 5.32 Å². The lowest BCUT2D eigenvalue weighted by molar-refractivity contribution is 0.633. The van der Waals surface area contributed by atoms with E-state index in [0.717, 1.165) is 12.2 Å². The molecule has 0 fully saturated rings. The highest BCUT2D eigenvalue weighted by atomic mass is 15.0. The summed E-state index contributed by atoms with van der Waals surface area (Å²) in [4.78, 5) is 4.03. The van der Waals surface area contributed by atoms with E-state index >= 15 is 0 Å². The molecule has 0 saturated heterocycles. The van der Waals surface area contributed by atoms with Crippen LogP contribution in [0.2, 0.25) is 0 Å². The van der Waals surface area contributed by atoms with E-state index in [9.17, 15) is 0 Å². The van der Waals surface area contributed by atoms with Gasteiger partial charge in [-0.3, -0.25) is 0 Å². The minimum absolute atomic E-state index is 0.538. The standard InChI is InChI=1S/C10H17N3/c1-9(2)12-6-4-5-10-7-11-8-13(10)3/h4-5,7-9,12H,6H2,1-3H3. The van der Waals surface area contributed by atoms with Crippen molar-refractivity contribution in [3.8, 4) is 0 Å². The molecule has 0 atom stereocenters. The Balaban J connectivity index is 2.37. The van der Waals surface area contributed by atoms with Crippen LogP contribution in [-0.2, 0) is 7.05 Å². The molecule has 0 aliphatic heterocycles. The molecule has 13 heavy (non-hydrogen) atoms. The Morgan fingerprint density at radius 3 is 2.92 bits per heavy atom. The maximum absolute atomic E-state index is 4.03. The number of rotatable bonds is 4. The summed E-state index contributed by atoms with van der Waals surface area (Å²) >= 11 is 0. The van der Waals surface area contributed by atoms with Gasteiger partial charge in [0.1, 0.15) is 0 Å². The molecule has 0 bridgehead atoms. The molecule has 1 rings (SSSR count). The Bertz CT molecular complexity index is 273. The van der Waals surface area contributed by atoms with Crippen molar-refractivity contribution in [2.45, 2.75) is 19.9 Å². The molecule has 72 valence electrons. The van der Waals surface area contributed by atoms with Crippen molar-refractivity contribution >= 4 is 6.08 Å². The second kappa shape index (κ2) is 4.82. The number of nitrogens with zero attached hydrogens (tertiary/aromatic N) is 2. The summed E-state index contributed by atoms with van der Waals surface area (Å²) in [6, 6.07) is 0.538. The lowest BCUT2D eigenvalue weighted by atomic mass is 10.3. The van der Waals surface area contributed by atoms with E-state index < -0.39 is 0 Å². The summed E-state index contributed by atoms with van der Waals surface area (Å²) in [6.45, 7) is 5.18. The maximum atomic E-state index is 4.03. The van der Waals surface area contributed by atoms with Gasteiger partial charge in [-0.25, -0.2) is 4.98 Å². The minimum atomic E-state index is 0.538. The van der Waals surface area contributed by atoms with Gasteiger partial charge in [0.05, 0.1) is 18.2 Å². The van der Waals surface area contributed by atoms with Crippen LogP contribution in [0.4, 0.5) is 0 Å². The van der Waals surface area contributed by atoms with Gasteiger partial charge in [0, 0.05) is 19.6 Å². The van der Waals surface area contributed by atoms with Crippen LogP contribution in [0.15, 0.2) is 18.6 Å². The first-order valence-electron chi connectivity index (χ1n) is 4.56. The van der Waals surface area contributed by atoms with Gasteiger partial charge in [0.15, 0.2) is 0 Å². The van der Waals surface area contributed by atoms with Gasteiger partial charge in [-0.2, -0.15) is 0 Å². The van der Waals surface area contributed by atoms with E-state index in [0.29, 0.717) is 6.04 Å². The van der Waals surface area contributed by atoms with E-state index in [1.807, 2.05) is 17.8 Å². The number of hydrogen-bond donors (Lipinski definition) is 1. The molecule has 0 aliphatic carbocycles. The summed E-state index contributed by atoms with van der Waals surface area (Å²) in [7, 11) is 1.99. The quantitative estimate of drug-likeness (QED) is 0.757. The molecule has 0 saturated carbocycles. The molecule has 1 N–H and O–H groups in total. The molecule has 3 nitrogen and oxygen atoms in total. The van der Waals surface area contributed by atoms with E-state index in [1.54, 1.807) is 6.33 Å². The van der Waals surface area contributed by atoms with Crippen molar-refractivity contribution in [1.29, 1.82) is 0 Å². The van der Waals surface area contributed by atoms with Crippen LogP contribution in [0.3, 0.4) is 0 Å². The van der Waals surface area contributed by atoms with Crippen molar-refractivity contribution in [1.82, 2.24) is 14.9 Å². The Morgan fingerprint density at radius 1 is 1.62 bits per heavy atom. The van der Waals surface area contributed by atoms with E-state index in [2.05, 4.69) is 36.3 Å². The highest BCUT2D eigenvalue weighted by Crippen LogP contribution is 1.97. The smallest absolute Gasteiger partial charge is 0.0948 e. The number of aryl methyl sites for hydroxylation is 1. The zero-order chi connectivity index (χ0) is 9.68. The zero-order valence-corrected chi connectivity index (χ0v) is 8.49. The fraction of sp³-hybridized carbons (Fsp3) is 0.500. The minimum Gasteiger partial charge on any atom is -0.334 e. The van der Waals surface area contributed by atoms with Crippen molar-refractivity contribution < 1.29 is 0 Å². The second-order valence-corrected chi connectivity index (χ2v) is 3.39. The highest BCUT2D eigenvalue weighted by molar-refractivity contribution is 5.43. The molecule has 0 aromatic carbocycles. The third kappa shape index (κ3) is 3.42. The first-order chi connectivity index (χ1) is 6.20. The predicted octanol–water partition coefficient (Wildman–Crippen LogP) is 1.43. The SMILES string of the molecule is CC(C)NCC=Cc1cncn1C. The third-order valence-electron chi connectivity index (χ3n) is 1.79. The third-order valence-corrected chi connectivity index (χ3v) is 1.79. The summed E-state index contributed by atoms with van der Waals surface area (Å²) in [6.07, 6.45) is 7.83. The van der Waals surface area contributed by atoms with E-state index in [-0.39, 0.29) is 0 Å². The number of hydrogen-bond acceptors (Lipinski definition) is 2. The van der Waals surface area contributed by atoms with Crippen molar-refractivity contribution in [2.24, 2.45) is 7.05 Å². The molecule has 1 aromatic heterocycles. The summed E-state index contributed by atoms with van der Waals surface area (Å²) in [5.41, 5.74) is 1.13. The molecule has 0 unspecified atom stereocenters. The van der Waals surface area contributed by atoms with Crippen LogP contribution in [-0.4, -0.2) is 22.1 Å². The summed E-state index contributed by atoms with van der Waals surface area (Å²) < 4.78 is 1.99. The molecule has 0 radical (unpaired) electrons. The van der Waals surface area contributed by atoms with Crippen molar-refractivity contribution in [2.75, 3.05) is 6.54 Å². The Hall–Kier alpha value is -1.09. The lowest BCUT2D eigenvalue weighted by Gasteiger charge is -2.03. The summed E-state index contributed by atoms with van der Waals surface area (Å²) in [5.74, 6) is 0. The molecule has 0 aliphatic rings. The topological polar surface area (TPSA) is 29.9 Å². The molecule has 1 aromatic rings. The molecular weight excluding hydrogens is 162 g/mol. The molecule has 0 amide bonds.